The number of pyridine rings is 1. The standard InChI is InChI=1S/C16H18N2O2/c1-3-11(2)12-6-7-14(15(19)9-12)18-16(20)13-5-4-8-17-10-13/h4-11,19H,3H2,1-2H3,(H,18,20)/t11-/m1/s1. The van der Waals surface area contributed by atoms with E-state index >= 15 is 0 Å². The quantitative estimate of drug-likeness (QED) is 0.835. The van der Waals surface area contributed by atoms with Crippen LogP contribution in [-0.2, 0) is 0 Å². The molecule has 1 aromatic heterocycles. The van der Waals surface area contributed by atoms with Crippen molar-refractivity contribution in [2.75, 3.05) is 5.32 Å². The smallest absolute Gasteiger partial charge is 0.257 e. The van der Waals surface area contributed by atoms with Crippen LogP contribution in [0.4, 0.5) is 5.69 Å². The van der Waals surface area contributed by atoms with Crippen LogP contribution in [0.25, 0.3) is 0 Å². The molecule has 0 spiro atoms. The molecule has 0 radical (unpaired) electrons. The zero-order valence-electron chi connectivity index (χ0n) is 11.6. The summed E-state index contributed by atoms with van der Waals surface area (Å²) in [5.74, 6) is 0.175. The summed E-state index contributed by atoms with van der Waals surface area (Å²) < 4.78 is 0. The monoisotopic (exact) mass is 270 g/mol. The molecule has 1 amide bonds. The highest BCUT2D eigenvalue weighted by molar-refractivity contribution is 6.04. The van der Waals surface area contributed by atoms with Crippen LogP contribution in [0, 0.1) is 0 Å². The number of rotatable bonds is 4. The van der Waals surface area contributed by atoms with Gasteiger partial charge in [-0.2, -0.15) is 0 Å². The van der Waals surface area contributed by atoms with Gasteiger partial charge in [0, 0.05) is 12.4 Å². The topological polar surface area (TPSA) is 62.2 Å². The highest BCUT2D eigenvalue weighted by atomic mass is 16.3. The predicted octanol–water partition coefficient (Wildman–Crippen LogP) is 3.55. The molecule has 1 atom stereocenters. The zero-order valence-corrected chi connectivity index (χ0v) is 11.6. The van der Waals surface area contributed by atoms with Gasteiger partial charge in [-0.1, -0.05) is 19.9 Å². The molecule has 0 saturated carbocycles. The Morgan fingerprint density at radius 2 is 2.20 bits per heavy atom. The van der Waals surface area contributed by atoms with E-state index in [1.54, 1.807) is 30.5 Å². The summed E-state index contributed by atoms with van der Waals surface area (Å²) in [5, 5.41) is 12.7. The summed E-state index contributed by atoms with van der Waals surface area (Å²) in [6.07, 6.45) is 4.09. The second-order valence-electron chi connectivity index (χ2n) is 4.78. The van der Waals surface area contributed by atoms with Crippen molar-refractivity contribution >= 4 is 11.6 Å². The Bertz CT molecular complexity index is 597. The van der Waals surface area contributed by atoms with Gasteiger partial charge >= 0.3 is 0 Å². The van der Waals surface area contributed by atoms with Crippen molar-refractivity contribution in [2.24, 2.45) is 0 Å². The third kappa shape index (κ3) is 3.15. The van der Waals surface area contributed by atoms with Crippen LogP contribution in [0.2, 0.25) is 0 Å². The van der Waals surface area contributed by atoms with Crippen molar-refractivity contribution in [3.63, 3.8) is 0 Å². The zero-order chi connectivity index (χ0) is 14.5. The van der Waals surface area contributed by atoms with Gasteiger partial charge in [-0.3, -0.25) is 9.78 Å². The van der Waals surface area contributed by atoms with Gasteiger partial charge in [-0.25, -0.2) is 0 Å². The Labute approximate surface area is 118 Å². The van der Waals surface area contributed by atoms with Crippen LogP contribution in [0.15, 0.2) is 42.7 Å². The van der Waals surface area contributed by atoms with Gasteiger partial charge in [0.1, 0.15) is 5.75 Å². The van der Waals surface area contributed by atoms with E-state index in [0.29, 0.717) is 17.2 Å². The van der Waals surface area contributed by atoms with Crippen molar-refractivity contribution in [2.45, 2.75) is 26.2 Å². The number of aromatic hydroxyl groups is 1. The van der Waals surface area contributed by atoms with Gasteiger partial charge in [0.2, 0.25) is 0 Å². The first kappa shape index (κ1) is 14.1. The number of nitrogens with zero attached hydrogens (tertiary/aromatic N) is 1. The lowest BCUT2D eigenvalue weighted by molar-refractivity contribution is 0.102. The first-order valence-corrected chi connectivity index (χ1v) is 6.66. The number of benzene rings is 1. The lowest BCUT2D eigenvalue weighted by Crippen LogP contribution is -2.12. The minimum absolute atomic E-state index is 0.0834. The number of carbonyl (C=O) groups excluding carboxylic acids is 1. The van der Waals surface area contributed by atoms with Crippen LogP contribution in [0.3, 0.4) is 0 Å². The molecule has 2 rings (SSSR count). The normalized spacial score (nSPS) is 11.9. The molecule has 0 aliphatic carbocycles. The van der Waals surface area contributed by atoms with Gasteiger partial charge in [-0.15, -0.1) is 0 Å². The Kier molecular flexibility index (Phi) is 4.35. The van der Waals surface area contributed by atoms with E-state index in [0.717, 1.165) is 12.0 Å². The maximum atomic E-state index is 12.0. The Morgan fingerprint density at radius 3 is 2.80 bits per heavy atom. The molecular weight excluding hydrogens is 252 g/mol. The fraction of sp³-hybridized carbons (Fsp3) is 0.250. The van der Waals surface area contributed by atoms with Crippen molar-refractivity contribution in [1.29, 1.82) is 0 Å². The number of phenolic OH excluding ortho intramolecular Hbond substituents is 1. The molecule has 2 aromatic rings. The van der Waals surface area contributed by atoms with E-state index in [9.17, 15) is 9.90 Å². The largest absolute Gasteiger partial charge is 0.506 e. The van der Waals surface area contributed by atoms with Crippen molar-refractivity contribution in [3.05, 3.63) is 53.9 Å². The van der Waals surface area contributed by atoms with E-state index in [1.807, 2.05) is 6.07 Å². The highest BCUT2D eigenvalue weighted by Gasteiger charge is 2.11. The number of hydrogen-bond acceptors (Lipinski definition) is 3. The number of nitrogens with one attached hydrogen (secondary N) is 1. The summed E-state index contributed by atoms with van der Waals surface area (Å²) >= 11 is 0. The van der Waals surface area contributed by atoms with Crippen LogP contribution < -0.4 is 5.32 Å². The van der Waals surface area contributed by atoms with E-state index < -0.39 is 0 Å². The first-order valence-electron chi connectivity index (χ1n) is 6.66. The Hall–Kier alpha value is -2.36. The average molecular weight is 270 g/mol. The minimum Gasteiger partial charge on any atom is -0.506 e. The molecule has 0 fully saturated rings. The second-order valence-corrected chi connectivity index (χ2v) is 4.78. The van der Waals surface area contributed by atoms with Crippen LogP contribution in [-0.4, -0.2) is 16.0 Å². The molecule has 20 heavy (non-hydrogen) atoms. The number of carbonyl (C=O) groups is 1. The van der Waals surface area contributed by atoms with E-state index in [4.69, 9.17) is 0 Å². The molecule has 104 valence electrons. The molecule has 0 saturated heterocycles. The molecular formula is C16H18N2O2. The molecule has 4 heteroatoms. The van der Waals surface area contributed by atoms with Gasteiger partial charge in [-0.05, 0) is 42.2 Å². The summed E-state index contributed by atoms with van der Waals surface area (Å²) in [6.45, 7) is 4.20. The minimum atomic E-state index is -0.287. The molecule has 2 N–H and O–H groups in total. The average Bonchev–Trinajstić information content (AvgIpc) is 2.49. The first-order chi connectivity index (χ1) is 9.61. The number of amides is 1. The number of aromatic nitrogens is 1. The fourth-order valence-corrected chi connectivity index (χ4v) is 1.89. The third-order valence-corrected chi connectivity index (χ3v) is 3.38. The summed E-state index contributed by atoms with van der Waals surface area (Å²) in [6, 6.07) is 8.72. The molecule has 1 aromatic carbocycles. The summed E-state index contributed by atoms with van der Waals surface area (Å²) in [4.78, 5) is 15.9. The maximum absolute atomic E-state index is 12.0. The van der Waals surface area contributed by atoms with E-state index in [-0.39, 0.29) is 11.7 Å². The summed E-state index contributed by atoms with van der Waals surface area (Å²) in [7, 11) is 0. The maximum Gasteiger partial charge on any atom is 0.257 e. The highest BCUT2D eigenvalue weighted by Crippen LogP contribution is 2.29. The summed E-state index contributed by atoms with van der Waals surface area (Å²) in [5.41, 5.74) is 1.92. The number of phenols is 1. The lowest BCUT2D eigenvalue weighted by atomic mass is 9.98. The SMILES string of the molecule is CC[C@@H](C)c1ccc(NC(=O)c2cccnc2)c(O)c1. The van der Waals surface area contributed by atoms with Gasteiger partial charge in [0.05, 0.1) is 11.3 Å². The van der Waals surface area contributed by atoms with E-state index in [2.05, 4.69) is 24.1 Å². The number of anilines is 1. The van der Waals surface area contributed by atoms with Gasteiger partial charge in [0.25, 0.3) is 5.91 Å². The fourth-order valence-electron chi connectivity index (χ4n) is 1.89. The molecule has 0 bridgehead atoms. The van der Waals surface area contributed by atoms with Gasteiger partial charge in [0.15, 0.2) is 0 Å². The van der Waals surface area contributed by atoms with Crippen LogP contribution >= 0.6 is 0 Å². The predicted molar refractivity (Wildman–Crippen MR) is 79.0 cm³/mol. The molecule has 0 aliphatic heterocycles. The number of hydrogen-bond donors (Lipinski definition) is 2. The lowest BCUT2D eigenvalue weighted by Gasteiger charge is -2.12. The van der Waals surface area contributed by atoms with E-state index in [1.165, 1.54) is 6.20 Å². The van der Waals surface area contributed by atoms with Crippen LogP contribution in [0.5, 0.6) is 5.75 Å². The second kappa shape index (κ2) is 6.19. The van der Waals surface area contributed by atoms with Crippen molar-refractivity contribution < 1.29 is 9.90 Å². The Balaban J connectivity index is 2.16. The van der Waals surface area contributed by atoms with Crippen molar-refractivity contribution in [1.82, 2.24) is 4.98 Å². The molecule has 0 aliphatic rings. The Morgan fingerprint density at radius 1 is 1.40 bits per heavy atom. The molecule has 4 nitrogen and oxygen atoms in total. The molecule has 1 heterocycles. The van der Waals surface area contributed by atoms with Crippen molar-refractivity contribution in [3.8, 4) is 5.75 Å². The molecule has 0 unspecified atom stereocenters. The van der Waals surface area contributed by atoms with Gasteiger partial charge < -0.3 is 10.4 Å². The van der Waals surface area contributed by atoms with Crippen LogP contribution in [0.1, 0.15) is 42.1 Å². The third-order valence-electron chi connectivity index (χ3n) is 3.38.